The quantitative estimate of drug-likeness (QED) is 0.531. The van der Waals surface area contributed by atoms with Gasteiger partial charge in [0, 0.05) is 0 Å². The maximum absolute atomic E-state index is 10.8. The molecule has 0 heterocycles. The van der Waals surface area contributed by atoms with Gasteiger partial charge in [-0.15, -0.1) is 0 Å². The fraction of sp³-hybridized carbons (Fsp3) is 0.778. The average molecular weight is 297 g/mol. The van der Waals surface area contributed by atoms with E-state index < -0.39 is 18.1 Å². The number of hydrogen-bond donors (Lipinski definition) is 2. The summed E-state index contributed by atoms with van der Waals surface area (Å²) in [5, 5.41) is 18.3. The Kier molecular flexibility index (Phi) is 8.14. The summed E-state index contributed by atoms with van der Waals surface area (Å²) in [6, 6.07) is -0.755. The molecule has 0 amide bonds. The number of aliphatic imine (C=N–C) groups is 1. The minimum absolute atomic E-state index is 0.381. The van der Waals surface area contributed by atoms with Gasteiger partial charge in [0.25, 0.3) is 0 Å². The zero-order valence-electron chi connectivity index (χ0n) is 8.84. The number of carboxylic acids is 1. The van der Waals surface area contributed by atoms with Crippen molar-refractivity contribution in [1.29, 1.82) is 0 Å². The Morgan fingerprint density at radius 2 is 2.20 bits per heavy atom. The second-order valence-corrected chi connectivity index (χ2v) is 4.89. The van der Waals surface area contributed by atoms with Crippen LogP contribution in [0.5, 0.6) is 0 Å². The summed E-state index contributed by atoms with van der Waals surface area (Å²) in [4.78, 5) is 14.8. The molecule has 0 saturated heterocycles. The number of hydrogen-bond acceptors (Lipinski definition) is 4. The fourth-order valence-corrected chi connectivity index (χ4v) is 1.96. The molecule has 15 heavy (non-hydrogen) atoms. The van der Waals surface area contributed by atoms with Crippen LogP contribution in [0.4, 0.5) is 0 Å². The van der Waals surface area contributed by atoms with Gasteiger partial charge in [0.2, 0.25) is 0 Å². The SMILES string of the molecule is CC[C@@H](O)C([Se])=N[C@@H](CCSC)C(=O)O. The third kappa shape index (κ3) is 6.20. The van der Waals surface area contributed by atoms with Gasteiger partial charge in [0.15, 0.2) is 0 Å². The van der Waals surface area contributed by atoms with Gasteiger partial charge in [0.1, 0.15) is 0 Å². The molecule has 0 spiro atoms. The van der Waals surface area contributed by atoms with Gasteiger partial charge < -0.3 is 0 Å². The van der Waals surface area contributed by atoms with Gasteiger partial charge in [-0.05, 0) is 0 Å². The van der Waals surface area contributed by atoms with Crippen LogP contribution >= 0.6 is 11.8 Å². The molecule has 0 bridgehead atoms. The second-order valence-electron chi connectivity index (χ2n) is 3.03. The number of thioether (sulfide) groups is 1. The summed E-state index contributed by atoms with van der Waals surface area (Å²) in [6.45, 7) is 1.81. The van der Waals surface area contributed by atoms with Crippen molar-refractivity contribution in [2.24, 2.45) is 4.99 Å². The first-order valence-electron chi connectivity index (χ1n) is 4.67. The number of carboxylic acid groups (broad SMARTS) is 1. The molecule has 6 heteroatoms. The number of aliphatic carboxylic acids is 1. The monoisotopic (exact) mass is 298 g/mol. The third-order valence-electron chi connectivity index (χ3n) is 1.84. The molecule has 1 radical (unpaired) electrons. The Morgan fingerprint density at radius 1 is 1.60 bits per heavy atom. The van der Waals surface area contributed by atoms with Gasteiger partial charge >= 0.3 is 102 Å². The first-order valence-corrected chi connectivity index (χ1v) is 6.92. The van der Waals surface area contributed by atoms with Crippen LogP contribution in [0.15, 0.2) is 4.99 Å². The molecule has 2 atom stereocenters. The normalized spacial score (nSPS) is 16.1. The van der Waals surface area contributed by atoms with E-state index in [0.717, 1.165) is 5.75 Å². The number of aliphatic hydroxyl groups excluding tert-OH is 1. The van der Waals surface area contributed by atoms with Crippen LogP contribution in [0, 0.1) is 0 Å². The van der Waals surface area contributed by atoms with Crippen LogP contribution < -0.4 is 0 Å². The average Bonchev–Trinajstić information content (AvgIpc) is 2.22. The van der Waals surface area contributed by atoms with Crippen LogP contribution in [0.1, 0.15) is 19.8 Å². The van der Waals surface area contributed by atoms with E-state index in [2.05, 4.69) is 21.0 Å². The Labute approximate surface area is 102 Å². The molecule has 87 valence electrons. The topological polar surface area (TPSA) is 69.9 Å². The van der Waals surface area contributed by atoms with Crippen LogP contribution in [-0.4, -0.2) is 61.0 Å². The standard InChI is InChI=1S/C9H16NO3SSe/c1-3-7(11)8(15)10-6(9(12)13)4-5-14-2/h6-7,11H,3-5H2,1-2H3,(H,12,13)/t6-,7+/m0/s1. The molecule has 0 aromatic heterocycles. The van der Waals surface area contributed by atoms with Crippen molar-refractivity contribution in [3.63, 3.8) is 0 Å². The maximum atomic E-state index is 10.8. The molecule has 0 aliphatic carbocycles. The molecular weight excluding hydrogens is 281 g/mol. The van der Waals surface area contributed by atoms with Crippen molar-refractivity contribution < 1.29 is 15.0 Å². The Morgan fingerprint density at radius 3 is 2.60 bits per heavy atom. The number of aliphatic hydroxyl groups is 1. The van der Waals surface area contributed by atoms with E-state index in [1.165, 1.54) is 0 Å². The Bertz CT molecular complexity index is 235. The van der Waals surface area contributed by atoms with E-state index in [-0.39, 0.29) is 0 Å². The zero-order chi connectivity index (χ0) is 11.8. The third-order valence-corrected chi connectivity index (χ3v) is 3.27. The van der Waals surface area contributed by atoms with Crippen molar-refractivity contribution in [1.82, 2.24) is 0 Å². The number of nitrogens with zero attached hydrogens (tertiary/aromatic N) is 1. The molecule has 0 unspecified atom stereocenters. The fourth-order valence-electron chi connectivity index (χ4n) is 0.887. The van der Waals surface area contributed by atoms with Gasteiger partial charge in [-0.3, -0.25) is 0 Å². The molecule has 0 aliphatic rings. The first-order chi connectivity index (χ1) is 7.02. The predicted octanol–water partition coefficient (Wildman–Crippen LogP) is 0.531. The van der Waals surface area contributed by atoms with Gasteiger partial charge in [0.05, 0.1) is 0 Å². The summed E-state index contributed by atoms with van der Waals surface area (Å²) < 4.78 is 0.381. The molecule has 0 aliphatic heterocycles. The van der Waals surface area contributed by atoms with Crippen molar-refractivity contribution in [2.45, 2.75) is 31.9 Å². The van der Waals surface area contributed by atoms with Gasteiger partial charge in [-0.1, -0.05) is 0 Å². The van der Waals surface area contributed by atoms with Crippen LogP contribution in [-0.2, 0) is 4.79 Å². The predicted molar refractivity (Wildman–Crippen MR) is 63.9 cm³/mol. The van der Waals surface area contributed by atoms with Crippen molar-refractivity contribution in [3.05, 3.63) is 0 Å². The summed E-state index contributed by atoms with van der Waals surface area (Å²) in [7, 11) is 0. The number of rotatable bonds is 7. The van der Waals surface area contributed by atoms with E-state index in [9.17, 15) is 9.90 Å². The molecule has 0 aromatic rings. The van der Waals surface area contributed by atoms with E-state index >= 15 is 0 Å². The second kappa shape index (κ2) is 8.16. The zero-order valence-corrected chi connectivity index (χ0v) is 11.4. The Balaban J connectivity index is 4.43. The molecule has 4 nitrogen and oxygen atoms in total. The minimum atomic E-state index is -0.944. The van der Waals surface area contributed by atoms with Crippen molar-refractivity contribution in [3.8, 4) is 0 Å². The van der Waals surface area contributed by atoms with E-state index in [1.54, 1.807) is 11.8 Å². The van der Waals surface area contributed by atoms with Gasteiger partial charge in [-0.2, -0.15) is 0 Å². The molecular formula is C9H16NO3SSe. The number of carbonyl (C=O) groups is 1. The van der Waals surface area contributed by atoms with E-state index in [0.29, 0.717) is 17.5 Å². The van der Waals surface area contributed by atoms with E-state index in [1.807, 2.05) is 13.2 Å². The molecule has 0 saturated carbocycles. The summed E-state index contributed by atoms with van der Waals surface area (Å²) in [6.07, 6.45) is 2.25. The first kappa shape index (κ1) is 15.0. The van der Waals surface area contributed by atoms with Crippen molar-refractivity contribution in [2.75, 3.05) is 12.0 Å². The Hall–Kier alpha value is -0.0305. The van der Waals surface area contributed by atoms with Crippen LogP contribution in [0.3, 0.4) is 0 Å². The van der Waals surface area contributed by atoms with Crippen molar-refractivity contribution >= 4 is 38.4 Å². The summed E-state index contributed by atoms with van der Waals surface area (Å²) in [5.74, 6) is -0.198. The molecule has 0 rings (SSSR count). The van der Waals surface area contributed by atoms with Gasteiger partial charge in [-0.25, -0.2) is 0 Å². The molecule has 0 fully saturated rings. The summed E-state index contributed by atoms with van der Waals surface area (Å²) in [5.41, 5.74) is 0. The summed E-state index contributed by atoms with van der Waals surface area (Å²) >= 11 is 4.20. The molecule has 0 aromatic carbocycles. The van der Waals surface area contributed by atoms with E-state index in [4.69, 9.17) is 5.11 Å². The van der Waals surface area contributed by atoms with Crippen LogP contribution in [0.25, 0.3) is 0 Å². The molecule has 2 N–H and O–H groups in total. The van der Waals surface area contributed by atoms with Crippen LogP contribution in [0.2, 0.25) is 0 Å².